The van der Waals surface area contributed by atoms with Crippen LogP contribution in [-0.4, -0.2) is 7.11 Å². The predicted octanol–water partition coefficient (Wildman–Crippen LogP) is 4.46. The van der Waals surface area contributed by atoms with Crippen LogP contribution in [0.25, 0.3) is 0 Å². The van der Waals surface area contributed by atoms with Gasteiger partial charge in [-0.25, -0.2) is 0 Å². The Morgan fingerprint density at radius 3 is 2.89 bits per heavy atom. The second kappa shape index (κ2) is 5.76. The van der Waals surface area contributed by atoms with Crippen LogP contribution < -0.4 is 5.32 Å². The van der Waals surface area contributed by atoms with Gasteiger partial charge in [-0.05, 0) is 47.9 Å². The quantitative estimate of drug-likeness (QED) is 0.839. The Morgan fingerprint density at radius 1 is 1.32 bits per heavy atom. The molecule has 2 nitrogen and oxygen atoms in total. The first-order chi connectivity index (χ1) is 9.36. The number of thiophene rings is 1. The molecule has 1 aromatic carbocycles. The molecule has 2 aromatic rings. The Hall–Kier alpha value is -1.32. The first kappa shape index (κ1) is 12.7. The fraction of sp³-hybridized carbons (Fsp3) is 0.375. The predicted molar refractivity (Wildman–Crippen MR) is 80.6 cm³/mol. The summed E-state index contributed by atoms with van der Waals surface area (Å²) in [6.45, 7) is 0.669. The van der Waals surface area contributed by atoms with Crippen molar-refractivity contribution in [2.24, 2.45) is 5.92 Å². The van der Waals surface area contributed by atoms with Gasteiger partial charge in [-0.15, -0.1) is 11.3 Å². The lowest BCUT2D eigenvalue weighted by Crippen LogP contribution is -2.11. The molecular formula is C16H19NOS. The molecular weight excluding hydrogens is 254 g/mol. The Balaban J connectivity index is 1.76. The van der Waals surface area contributed by atoms with E-state index in [0.717, 1.165) is 5.92 Å². The minimum absolute atomic E-state index is 0.470. The highest BCUT2D eigenvalue weighted by Gasteiger charge is 2.32. The van der Waals surface area contributed by atoms with Gasteiger partial charge in [-0.1, -0.05) is 18.2 Å². The molecule has 1 unspecified atom stereocenters. The van der Waals surface area contributed by atoms with Gasteiger partial charge >= 0.3 is 0 Å². The van der Waals surface area contributed by atoms with Gasteiger partial charge in [0.2, 0.25) is 0 Å². The zero-order valence-corrected chi connectivity index (χ0v) is 12.0. The molecule has 1 aromatic heterocycles. The molecule has 1 fully saturated rings. The van der Waals surface area contributed by atoms with Gasteiger partial charge in [0.1, 0.15) is 0 Å². The van der Waals surface area contributed by atoms with Gasteiger partial charge in [0.25, 0.3) is 0 Å². The molecule has 0 saturated heterocycles. The van der Waals surface area contributed by atoms with E-state index in [1.165, 1.54) is 29.0 Å². The third-order valence-corrected chi connectivity index (χ3v) is 4.46. The third-order valence-electron chi connectivity index (χ3n) is 3.50. The number of rotatable bonds is 6. The summed E-state index contributed by atoms with van der Waals surface area (Å²) in [5.41, 5.74) is 2.41. The third kappa shape index (κ3) is 3.17. The minimum atomic E-state index is 0.470. The summed E-state index contributed by atoms with van der Waals surface area (Å²) in [5.74, 6) is 0.796. The molecule has 1 saturated carbocycles. The largest absolute Gasteiger partial charge is 0.380 e. The van der Waals surface area contributed by atoms with Gasteiger partial charge < -0.3 is 10.1 Å². The maximum absolute atomic E-state index is 5.19. The Kier molecular flexibility index (Phi) is 3.85. The SMILES string of the molecule is COCc1cccc(NC(c2cccs2)C2CC2)c1. The number of benzene rings is 1. The van der Waals surface area contributed by atoms with Crippen LogP contribution in [0.3, 0.4) is 0 Å². The second-order valence-electron chi connectivity index (χ2n) is 5.11. The van der Waals surface area contributed by atoms with E-state index < -0.39 is 0 Å². The Morgan fingerprint density at radius 2 is 2.21 bits per heavy atom. The number of methoxy groups -OCH3 is 1. The average Bonchev–Trinajstić information content (AvgIpc) is 3.11. The summed E-state index contributed by atoms with van der Waals surface area (Å²) in [7, 11) is 1.73. The summed E-state index contributed by atoms with van der Waals surface area (Å²) in [4.78, 5) is 1.44. The van der Waals surface area contributed by atoms with Crippen LogP contribution in [0.2, 0.25) is 0 Å². The molecule has 1 aliphatic carbocycles. The van der Waals surface area contributed by atoms with Gasteiger partial charge in [0.15, 0.2) is 0 Å². The number of nitrogens with one attached hydrogen (secondary N) is 1. The summed E-state index contributed by atoms with van der Waals surface area (Å²) in [6.07, 6.45) is 2.68. The van der Waals surface area contributed by atoms with E-state index in [4.69, 9.17) is 4.74 Å². The van der Waals surface area contributed by atoms with Crippen LogP contribution in [0.4, 0.5) is 5.69 Å². The molecule has 1 N–H and O–H groups in total. The molecule has 0 aliphatic heterocycles. The van der Waals surface area contributed by atoms with Crippen LogP contribution >= 0.6 is 11.3 Å². The smallest absolute Gasteiger partial charge is 0.0713 e. The van der Waals surface area contributed by atoms with E-state index in [2.05, 4.69) is 47.1 Å². The number of ether oxygens (including phenoxy) is 1. The van der Waals surface area contributed by atoms with Crippen LogP contribution in [0, 0.1) is 5.92 Å². The van der Waals surface area contributed by atoms with E-state index >= 15 is 0 Å². The molecule has 19 heavy (non-hydrogen) atoms. The molecule has 0 amide bonds. The van der Waals surface area contributed by atoms with Crippen molar-refractivity contribution in [3.8, 4) is 0 Å². The summed E-state index contributed by atoms with van der Waals surface area (Å²) in [6, 6.07) is 13.4. The second-order valence-corrected chi connectivity index (χ2v) is 6.09. The maximum atomic E-state index is 5.19. The van der Waals surface area contributed by atoms with Crippen LogP contribution in [0.15, 0.2) is 41.8 Å². The highest BCUT2D eigenvalue weighted by Crippen LogP contribution is 2.44. The zero-order chi connectivity index (χ0) is 13.1. The molecule has 100 valence electrons. The van der Waals surface area contributed by atoms with Gasteiger partial charge in [-0.3, -0.25) is 0 Å². The van der Waals surface area contributed by atoms with Crippen LogP contribution in [0.5, 0.6) is 0 Å². The van der Waals surface area contributed by atoms with Crippen molar-refractivity contribution in [3.05, 3.63) is 52.2 Å². The van der Waals surface area contributed by atoms with Crippen molar-refractivity contribution >= 4 is 17.0 Å². The van der Waals surface area contributed by atoms with E-state index in [1.807, 2.05) is 11.3 Å². The first-order valence-electron chi connectivity index (χ1n) is 6.74. The molecule has 0 radical (unpaired) electrons. The fourth-order valence-corrected chi connectivity index (χ4v) is 3.29. The van der Waals surface area contributed by atoms with Crippen LogP contribution in [-0.2, 0) is 11.3 Å². The lowest BCUT2D eigenvalue weighted by Gasteiger charge is -2.18. The number of hydrogen-bond donors (Lipinski definition) is 1. The molecule has 3 rings (SSSR count). The molecule has 3 heteroatoms. The lowest BCUT2D eigenvalue weighted by molar-refractivity contribution is 0.185. The summed E-state index contributed by atoms with van der Waals surface area (Å²) in [5, 5.41) is 5.86. The van der Waals surface area contributed by atoms with Gasteiger partial charge in [-0.2, -0.15) is 0 Å². The van der Waals surface area contributed by atoms with Gasteiger partial charge in [0, 0.05) is 17.7 Å². The molecule has 1 aliphatic rings. The normalized spacial score (nSPS) is 16.3. The van der Waals surface area contributed by atoms with Crippen molar-refractivity contribution in [1.82, 2.24) is 0 Å². The van der Waals surface area contributed by atoms with Crippen molar-refractivity contribution < 1.29 is 4.74 Å². The first-order valence-corrected chi connectivity index (χ1v) is 7.62. The molecule has 1 heterocycles. The van der Waals surface area contributed by atoms with Crippen molar-refractivity contribution in [3.63, 3.8) is 0 Å². The molecule has 0 bridgehead atoms. The Bertz CT molecular complexity index is 519. The standard InChI is InChI=1S/C16H19NOS/c1-18-11-12-4-2-5-14(10-12)17-16(13-7-8-13)15-6-3-9-19-15/h2-6,9-10,13,16-17H,7-8,11H2,1H3. The highest BCUT2D eigenvalue weighted by atomic mass is 32.1. The van der Waals surface area contributed by atoms with E-state index in [9.17, 15) is 0 Å². The lowest BCUT2D eigenvalue weighted by atomic mass is 10.1. The van der Waals surface area contributed by atoms with Crippen molar-refractivity contribution in [2.75, 3.05) is 12.4 Å². The topological polar surface area (TPSA) is 21.3 Å². The van der Waals surface area contributed by atoms with Crippen LogP contribution in [0.1, 0.15) is 29.3 Å². The highest BCUT2D eigenvalue weighted by molar-refractivity contribution is 7.10. The van der Waals surface area contributed by atoms with E-state index in [1.54, 1.807) is 7.11 Å². The number of hydrogen-bond acceptors (Lipinski definition) is 3. The fourth-order valence-electron chi connectivity index (χ4n) is 2.42. The van der Waals surface area contributed by atoms with E-state index in [-0.39, 0.29) is 0 Å². The minimum Gasteiger partial charge on any atom is -0.380 e. The average molecular weight is 273 g/mol. The molecule has 1 atom stereocenters. The van der Waals surface area contributed by atoms with Gasteiger partial charge in [0.05, 0.1) is 12.6 Å². The Labute approximate surface area is 118 Å². The van der Waals surface area contributed by atoms with E-state index in [0.29, 0.717) is 12.6 Å². The van der Waals surface area contributed by atoms with Crippen molar-refractivity contribution in [2.45, 2.75) is 25.5 Å². The zero-order valence-electron chi connectivity index (χ0n) is 11.1. The summed E-state index contributed by atoms with van der Waals surface area (Å²) >= 11 is 1.85. The molecule has 0 spiro atoms. The summed E-state index contributed by atoms with van der Waals surface area (Å²) < 4.78 is 5.19. The monoisotopic (exact) mass is 273 g/mol. The van der Waals surface area contributed by atoms with Crippen molar-refractivity contribution in [1.29, 1.82) is 0 Å². The maximum Gasteiger partial charge on any atom is 0.0713 e. The number of anilines is 1.